The number of hydrogen-bond acceptors (Lipinski definition) is 6. The molecular formula is C19H24N4O2S. The van der Waals surface area contributed by atoms with Gasteiger partial charge in [0.25, 0.3) is 5.91 Å². The van der Waals surface area contributed by atoms with Crippen molar-refractivity contribution < 1.29 is 9.90 Å². The third-order valence-corrected chi connectivity index (χ3v) is 6.40. The number of carbonyl (C=O) groups excluding carboxylic acids is 1. The lowest BCUT2D eigenvalue weighted by atomic mass is 9.78. The van der Waals surface area contributed by atoms with E-state index in [-0.39, 0.29) is 18.1 Å². The first-order valence-electron chi connectivity index (χ1n) is 9.25. The topological polar surface area (TPSA) is 78.4 Å². The number of aryl methyl sites for hydroxylation is 1. The van der Waals surface area contributed by atoms with Gasteiger partial charge in [0.1, 0.15) is 12.1 Å². The average Bonchev–Trinajstić information content (AvgIpc) is 3.26. The molecule has 0 aromatic carbocycles. The molecule has 2 aromatic heterocycles. The zero-order valence-corrected chi connectivity index (χ0v) is 15.7. The SMILES string of the molecule is CCc1cc(C(=O)NC2CC(c3cc(N4CCC(O)C4)ncn3)C2)cs1. The van der Waals surface area contributed by atoms with Crippen LogP contribution in [-0.2, 0) is 6.42 Å². The second-order valence-corrected chi connectivity index (χ2v) is 8.18. The fraction of sp³-hybridized carbons (Fsp3) is 0.526. The molecule has 1 saturated heterocycles. The Balaban J connectivity index is 1.32. The summed E-state index contributed by atoms with van der Waals surface area (Å²) < 4.78 is 0. The van der Waals surface area contributed by atoms with E-state index in [9.17, 15) is 9.90 Å². The highest BCUT2D eigenvalue weighted by Crippen LogP contribution is 2.37. The van der Waals surface area contributed by atoms with Crippen LogP contribution in [0.2, 0.25) is 0 Å². The predicted molar refractivity (Wildman–Crippen MR) is 102 cm³/mol. The number of amides is 1. The van der Waals surface area contributed by atoms with E-state index in [0.29, 0.717) is 12.5 Å². The van der Waals surface area contributed by atoms with Crippen LogP contribution in [0.3, 0.4) is 0 Å². The van der Waals surface area contributed by atoms with E-state index in [1.165, 1.54) is 4.88 Å². The zero-order chi connectivity index (χ0) is 18.1. The molecule has 2 N–H and O–H groups in total. The Bertz CT molecular complexity index is 787. The molecule has 1 atom stereocenters. The summed E-state index contributed by atoms with van der Waals surface area (Å²) in [4.78, 5) is 24.4. The van der Waals surface area contributed by atoms with Gasteiger partial charge in [0.05, 0.1) is 11.7 Å². The summed E-state index contributed by atoms with van der Waals surface area (Å²) in [5.41, 5.74) is 1.80. The van der Waals surface area contributed by atoms with Crippen LogP contribution in [0.25, 0.3) is 0 Å². The maximum Gasteiger partial charge on any atom is 0.252 e. The molecule has 0 bridgehead atoms. The first-order chi connectivity index (χ1) is 12.6. The normalized spacial score (nSPS) is 25.2. The molecule has 7 heteroatoms. The van der Waals surface area contributed by atoms with Gasteiger partial charge in [0.2, 0.25) is 0 Å². The zero-order valence-electron chi connectivity index (χ0n) is 14.9. The fourth-order valence-electron chi connectivity index (χ4n) is 3.64. The summed E-state index contributed by atoms with van der Waals surface area (Å²) in [5.74, 6) is 1.28. The van der Waals surface area contributed by atoms with E-state index in [1.54, 1.807) is 17.7 Å². The minimum absolute atomic E-state index is 0.0267. The van der Waals surface area contributed by atoms with Crippen LogP contribution in [0.15, 0.2) is 23.8 Å². The Morgan fingerprint density at radius 1 is 1.38 bits per heavy atom. The molecule has 2 aromatic rings. The Kier molecular flexibility index (Phi) is 4.91. The summed E-state index contributed by atoms with van der Waals surface area (Å²) >= 11 is 1.64. The molecule has 1 aliphatic heterocycles. The predicted octanol–water partition coefficient (Wildman–Crippen LogP) is 2.35. The van der Waals surface area contributed by atoms with Crippen molar-refractivity contribution in [3.05, 3.63) is 40.0 Å². The molecule has 1 unspecified atom stereocenters. The van der Waals surface area contributed by atoms with Gasteiger partial charge >= 0.3 is 0 Å². The van der Waals surface area contributed by atoms with Crippen LogP contribution in [-0.4, -0.2) is 46.2 Å². The van der Waals surface area contributed by atoms with Crippen LogP contribution in [0.5, 0.6) is 0 Å². The lowest BCUT2D eigenvalue weighted by Gasteiger charge is -2.35. The lowest BCUT2D eigenvalue weighted by molar-refractivity contribution is 0.0908. The van der Waals surface area contributed by atoms with Crippen molar-refractivity contribution >= 4 is 23.1 Å². The van der Waals surface area contributed by atoms with Gasteiger partial charge in [-0.1, -0.05) is 6.92 Å². The minimum atomic E-state index is -0.262. The summed E-state index contributed by atoms with van der Waals surface area (Å²) in [7, 11) is 0. The van der Waals surface area contributed by atoms with Crippen LogP contribution in [0.1, 0.15) is 53.0 Å². The Morgan fingerprint density at radius 2 is 2.23 bits per heavy atom. The molecule has 2 aliphatic rings. The van der Waals surface area contributed by atoms with E-state index in [0.717, 1.165) is 49.3 Å². The molecule has 3 heterocycles. The first-order valence-corrected chi connectivity index (χ1v) is 10.1. The molecule has 4 rings (SSSR count). The van der Waals surface area contributed by atoms with Crippen LogP contribution >= 0.6 is 11.3 Å². The number of aromatic nitrogens is 2. The number of β-amino-alcohol motifs (C(OH)–C–C–N with tert-alkyl or cyclic N) is 1. The molecule has 1 saturated carbocycles. The summed E-state index contributed by atoms with van der Waals surface area (Å²) in [6.07, 6.45) is 4.93. The van der Waals surface area contributed by atoms with Gasteiger partial charge in [-0.2, -0.15) is 0 Å². The van der Waals surface area contributed by atoms with Crippen molar-refractivity contribution in [1.82, 2.24) is 15.3 Å². The maximum atomic E-state index is 12.3. The molecule has 138 valence electrons. The van der Waals surface area contributed by atoms with Crippen molar-refractivity contribution in [3.63, 3.8) is 0 Å². The number of hydrogen-bond donors (Lipinski definition) is 2. The van der Waals surface area contributed by atoms with Gasteiger partial charge in [-0.25, -0.2) is 9.97 Å². The largest absolute Gasteiger partial charge is 0.391 e. The van der Waals surface area contributed by atoms with Gasteiger partial charge in [-0.15, -0.1) is 11.3 Å². The molecular weight excluding hydrogens is 348 g/mol. The molecule has 1 aliphatic carbocycles. The standard InChI is InChI=1S/C19H24N4O2S/c1-2-16-7-13(10-26-16)19(25)22-14-5-12(6-14)17-8-18(21-11-20-17)23-4-3-15(24)9-23/h7-8,10-12,14-15,24H,2-6,9H2,1H3,(H,22,25). The van der Waals surface area contributed by atoms with Crippen molar-refractivity contribution in [2.45, 2.75) is 50.7 Å². The van der Waals surface area contributed by atoms with E-state index in [1.807, 2.05) is 17.5 Å². The number of thiophene rings is 1. The monoisotopic (exact) mass is 372 g/mol. The maximum absolute atomic E-state index is 12.3. The molecule has 6 nitrogen and oxygen atoms in total. The lowest BCUT2D eigenvalue weighted by Crippen LogP contribution is -2.43. The molecule has 0 radical (unpaired) electrons. The Morgan fingerprint density at radius 3 is 2.92 bits per heavy atom. The third-order valence-electron chi connectivity index (χ3n) is 5.32. The molecule has 0 spiro atoms. The summed E-state index contributed by atoms with van der Waals surface area (Å²) in [6, 6.07) is 4.23. The van der Waals surface area contributed by atoms with Crippen molar-refractivity contribution in [2.24, 2.45) is 0 Å². The minimum Gasteiger partial charge on any atom is -0.391 e. The number of aliphatic hydroxyl groups is 1. The van der Waals surface area contributed by atoms with E-state index >= 15 is 0 Å². The van der Waals surface area contributed by atoms with Gasteiger partial charge in [-0.05, 0) is 31.7 Å². The molecule has 2 fully saturated rings. The second-order valence-electron chi connectivity index (χ2n) is 7.18. The molecule has 1 amide bonds. The van der Waals surface area contributed by atoms with E-state index in [2.05, 4.69) is 27.1 Å². The van der Waals surface area contributed by atoms with Gasteiger partial charge in [-0.3, -0.25) is 4.79 Å². The van der Waals surface area contributed by atoms with E-state index < -0.39 is 0 Å². The van der Waals surface area contributed by atoms with Crippen molar-refractivity contribution in [2.75, 3.05) is 18.0 Å². The van der Waals surface area contributed by atoms with Gasteiger partial charge in [0.15, 0.2) is 0 Å². The Labute approximate surface area is 157 Å². The first kappa shape index (κ1) is 17.4. The highest BCUT2D eigenvalue weighted by Gasteiger charge is 2.33. The highest BCUT2D eigenvalue weighted by molar-refractivity contribution is 7.10. The fourth-order valence-corrected chi connectivity index (χ4v) is 4.45. The third kappa shape index (κ3) is 3.59. The smallest absolute Gasteiger partial charge is 0.252 e. The molecule has 26 heavy (non-hydrogen) atoms. The van der Waals surface area contributed by atoms with Crippen LogP contribution in [0, 0.1) is 0 Å². The number of anilines is 1. The summed E-state index contributed by atoms with van der Waals surface area (Å²) in [6.45, 7) is 3.57. The van der Waals surface area contributed by atoms with Crippen LogP contribution in [0.4, 0.5) is 5.82 Å². The number of nitrogens with zero attached hydrogens (tertiary/aromatic N) is 3. The highest BCUT2D eigenvalue weighted by atomic mass is 32.1. The van der Waals surface area contributed by atoms with Crippen molar-refractivity contribution in [1.29, 1.82) is 0 Å². The quantitative estimate of drug-likeness (QED) is 0.842. The van der Waals surface area contributed by atoms with E-state index in [4.69, 9.17) is 0 Å². The van der Waals surface area contributed by atoms with Crippen molar-refractivity contribution in [3.8, 4) is 0 Å². The number of nitrogens with one attached hydrogen (secondary N) is 1. The van der Waals surface area contributed by atoms with Gasteiger partial charge < -0.3 is 15.3 Å². The number of carbonyl (C=O) groups is 1. The number of aliphatic hydroxyl groups excluding tert-OH is 1. The average molecular weight is 372 g/mol. The van der Waals surface area contributed by atoms with Crippen LogP contribution < -0.4 is 10.2 Å². The second kappa shape index (κ2) is 7.32. The Hall–Kier alpha value is -1.99. The number of rotatable bonds is 5. The summed E-state index contributed by atoms with van der Waals surface area (Å²) in [5, 5.41) is 14.8. The van der Waals surface area contributed by atoms with Gasteiger partial charge in [0, 0.05) is 47.1 Å².